The van der Waals surface area contributed by atoms with E-state index in [1.54, 1.807) is 0 Å². The van der Waals surface area contributed by atoms with Crippen LogP contribution < -0.4 is 0 Å². The average molecular weight is 185 g/mol. The van der Waals surface area contributed by atoms with Gasteiger partial charge in [-0.05, 0) is 46.7 Å². The summed E-state index contributed by atoms with van der Waals surface area (Å²) in [6.45, 7) is 11.1. The summed E-state index contributed by atoms with van der Waals surface area (Å²) in [4.78, 5) is 2.53. The summed E-state index contributed by atoms with van der Waals surface area (Å²) in [5.74, 6) is 0. The molecule has 0 aromatic carbocycles. The van der Waals surface area contributed by atoms with E-state index in [9.17, 15) is 0 Å². The highest BCUT2D eigenvalue weighted by atomic mass is 16.5. The zero-order chi connectivity index (χ0) is 9.84. The Morgan fingerprint density at radius 2 is 2.08 bits per heavy atom. The topological polar surface area (TPSA) is 12.5 Å². The minimum atomic E-state index is 0.356. The van der Waals surface area contributed by atoms with Crippen molar-refractivity contribution in [3.05, 3.63) is 0 Å². The van der Waals surface area contributed by atoms with Gasteiger partial charge in [0.2, 0.25) is 0 Å². The number of nitrogens with zero attached hydrogens (tertiary/aromatic N) is 1. The molecule has 2 atom stereocenters. The molecule has 78 valence electrons. The van der Waals surface area contributed by atoms with Gasteiger partial charge in [-0.3, -0.25) is 4.90 Å². The molecule has 0 spiro atoms. The minimum absolute atomic E-state index is 0.356. The van der Waals surface area contributed by atoms with E-state index >= 15 is 0 Å². The standard InChI is InChI=1S/C11H23NO/c1-5-12-8-6-7-11(12)10(4)13-9(2)3/h9-11H,5-8H2,1-4H3. The average Bonchev–Trinajstić information content (AvgIpc) is 2.49. The van der Waals surface area contributed by atoms with E-state index in [1.165, 1.54) is 19.4 Å². The zero-order valence-corrected chi connectivity index (χ0v) is 9.42. The molecule has 2 unspecified atom stereocenters. The Bertz CT molecular complexity index is 147. The number of ether oxygens (including phenoxy) is 1. The number of likely N-dealkylation sites (tertiary alicyclic amines) is 1. The van der Waals surface area contributed by atoms with Gasteiger partial charge in [0.15, 0.2) is 0 Å². The molecule has 0 N–H and O–H groups in total. The van der Waals surface area contributed by atoms with Crippen molar-refractivity contribution < 1.29 is 4.74 Å². The Labute approximate surface area is 82.3 Å². The summed E-state index contributed by atoms with van der Waals surface area (Å²) in [6, 6.07) is 0.660. The number of likely N-dealkylation sites (N-methyl/N-ethyl adjacent to an activating group) is 1. The molecule has 1 rings (SSSR count). The normalized spacial score (nSPS) is 27.0. The molecule has 0 aromatic heterocycles. The maximum Gasteiger partial charge on any atom is 0.0705 e. The Balaban J connectivity index is 2.40. The predicted molar refractivity (Wildman–Crippen MR) is 56.0 cm³/mol. The predicted octanol–water partition coefficient (Wildman–Crippen LogP) is 2.28. The Morgan fingerprint density at radius 1 is 1.38 bits per heavy atom. The molecule has 0 bridgehead atoms. The van der Waals surface area contributed by atoms with Gasteiger partial charge in [0.05, 0.1) is 12.2 Å². The van der Waals surface area contributed by atoms with Crippen LogP contribution in [0.25, 0.3) is 0 Å². The highest BCUT2D eigenvalue weighted by Crippen LogP contribution is 2.21. The molecule has 2 nitrogen and oxygen atoms in total. The maximum atomic E-state index is 5.82. The van der Waals surface area contributed by atoms with Crippen molar-refractivity contribution in [1.82, 2.24) is 4.90 Å². The van der Waals surface area contributed by atoms with Crippen LogP contribution in [0.3, 0.4) is 0 Å². The molecular weight excluding hydrogens is 162 g/mol. The Morgan fingerprint density at radius 3 is 2.62 bits per heavy atom. The molecule has 0 amide bonds. The third-order valence-corrected chi connectivity index (χ3v) is 2.85. The summed E-state index contributed by atoms with van der Waals surface area (Å²) in [5.41, 5.74) is 0. The van der Waals surface area contributed by atoms with Crippen molar-refractivity contribution in [3.63, 3.8) is 0 Å². The second kappa shape index (κ2) is 4.97. The minimum Gasteiger partial charge on any atom is -0.374 e. The summed E-state index contributed by atoms with van der Waals surface area (Å²) in [6.07, 6.45) is 3.39. The molecule has 1 aliphatic rings. The van der Waals surface area contributed by atoms with Crippen LogP contribution in [0.5, 0.6) is 0 Å². The van der Waals surface area contributed by atoms with Gasteiger partial charge in [-0.2, -0.15) is 0 Å². The van der Waals surface area contributed by atoms with Crippen molar-refractivity contribution in [2.24, 2.45) is 0 Å². The first-order valence-corrected chi connectivity index (χ1v) is 5.54. The molecule has 0 aliphatic carbocycles. The van der Waals surface area contributed by atoms with Crippen LogP contribution in [0.2, 0.25) is 0 Å². The second-order valence-corrected chi connectivity index (χ2v) is 4.23. The van der Waals surface area contributed by atoms with Crippen LogP contribution in [0, 0.1) is 0 Å². The van der Waals surface area contributed by atoms with Crippen LogP contribution in [0.15, 0.2) is 0 Å². The van der Waals surface area contributed by atoms with Crippen molar-refractivity contribution in [2.45, 2.75) is 58.8 Å². The van der Waals surface area contributed by atoms with E-state index in [2.05, 4.69) is 32.6 Å². The van der Waals surface area contributed by atoms with Crippen LogP contribution in [-0.2, 0) is 4.74 Å². The van der Waals surface area contributed by atoms with Crippen molar-refractivity contribution >= 4 is 0 Å². The third kappa shape index (κ3) is 2.96. The van der Waals surface area contributed by atoms with Gasteiger partial charge < -0.3 is 4.74 Å². The summed E-state index contributed by atoms with van der Waals surface area (Å²) < 4.78 is 5.82. The largest absolute Gasteiger partial charge is 0.374 e. The third-order valence-electron chi connectivity index (χ3n) is 2.85. The van der Waals surface area contributed by atoms with Gasteiger partial charge in [-0.1, -0.05) is 6.92 Å². The Hall–Kier alpha value is -0.0800. The van der Waals surface area contributed by atoms with E-state index in [0.29, 0.717) is 18.2 Å². The molecule has 0 aromatic rings. The first-order valence-electron chi connectivity index (χ1n) is 5.54. The zero-order valence-electron chi connectivity index (χ0n) is 9.42. The summed E-state index contributed by atoms with van der Waals surface area (Å²) in [5, 5.41) is 0. The highest BCUT2D eigenvalue weighted by Gasteiger charge is 2.28. The molecule has 1 fully saturated rings. The molecule has 0 saturated carbocycles. The maximum absolute atomic E-state index is 5.82. The smallest absolute Gasteiger partial charge is 0.0705 e. The molecule has 1 heterocycles. The monoisotopic (exact) mass is 185 g/mol. The Kier molecular flexibility index (Phi) is 4.20. The van der Waals surface area contributed by atoms with E-state index in [-0.39, 0.29) is 0 Å². The molecule has 0 radical (unpaired) electrons. The molecule has 1 aliphatic heterocycles. The molecular formula is C11H23NO. The van der Waals surface area contributed by atoms with E-state index in [1.807, 2.05) is 0 Å². The van der Waals surface area contributed by atoms with Gasteiger partial charge in [0.1, 0.15) is 0 Å². The quantitative estimate of drug-likeness (QED) is 0.666. The van der Waals surface area contributed by atoms with E-state index in [0.717, 1.165) is 6.54 Å². The van der Waals surface area contributed by atoms with E-state index < -0.39 is 0 Å². The number of rotatable bonds is 4. The fraction of sp³-hybridized carbons (Fsp3) is 1.00. The van der Waals surface area contributed by atoms with Crippen molar-refractivity contribution in [1.29, 1.82) is 0 Å². The highest BCUT2D eigenvalue weighted by molar-refractivity contribution is 4.83. The van der Waals surface area contributed by atoms with Gasteiger partial charge in [-0.15, -0.1) is 0 Å². The summed E-state index contributed by atoms with van der Waals surface area (Å²) >= 11 is 0. The first kappa shape index (κ1) is 11.0. The van der Waals surface area contributed by atoms with Crippen molar-refractivity contribution in [2.75, 3.05) is 13.1 Å². The van der Waals surface area contributed by atoms with Crippen LogP contribution in [0.4, 0.5) is 0 Å². The molecule has 1 saturated heterocycles. The number of hydrogen-bond acceptors (Lipinski definition) is 2. The second-order valence-electron chi connectivity index (χ2n) is 4.23. The van der Waals surface area contributed by atoms with Gasteiger partial charge >= 0.3 is 0 Å². The lowest BCUT2D eigenvalue weighted by Crippen LogP contribution is -2.39. The fourth-order valence-electron chi connectivity index (χ4n) is 2.30. The lowest BCUT2D eigenvalue weighted by Gasteiger charge is -2.29. The fourth-order valence-corrected chi connectivity index (χ4v) is 2.30. The summed E-state index contributed by atoms with van der Waals surface area (Å²) in [7, 11) is 0. The SMILES string of the molecule is CCN1CCCC1C(C)OC(C)C. The van der Waals surface area contributed by atoms with Crippen LogP contribution >= 0.6 is 0 Å². The van der Waals surface area contributed by atoms with Gasteiger partial charge in [-0.25, -0.2) is 0 Å². The van der Waals surface area contributed by atoms with E-state index in [4.69, 9.17) is 4.74 Å². The van der Waals surface area contributed by atoms with Crippen LogP contribution in [-0.4, -0.2) is 36.2 Å². The lowest BCUT2D eigenvalue weighted by atomic mass is 10.1. The lowest BCUT2D eigenvalue weighted by molar-refractivity contribution is -0.0239. The van der Waals surface area contributed by atoms with Gasteiger partial charge in [0, 0.05) is 6.04 Å². The van der Waals surface area contributed by atoms with Crippen molar-refractivity contribution in [3.8, 4) is 0 Å². The van der Waals surface area contributed by atoms with Gasteiger partial charge in [0.25, 0.3) is 0 Å². The van der Waals surface area contributed by atoms with Crippen LogP contribution in [0.1, 0.15) is 40.5 Å². The molecule has 2 heteroatoms. The molecule has 13 heavy (non-hydrogen) atoms. The number of hydrogen-bond donors (Lipinski definition) is 0. The first-order chi connectivity index (χ1) is 6.15.